The van der Waals surface area contributed by atoms with Gasteiger partial charge in [-0.3, -0.25) is 5.10 Å². The highest BCUT2D eigenvalue weighted by atomic mass is 15.2. The zero-order chi connectivity index (χ0) is 10.7. The van der Waals surface area contributed by atoms with Crippen molar-refractivity contribution in [1.29, 1.82) is 0 Å². The summed E-state index contributed by atoms with van der Waals surface area (Å²) >= 11 is 0. The van der Waals surface area contributed by atoms with Crippen LogP contribution in [-0.2, 0) is 0 Å². The number of anilines is 2. The highest BCUT2D eigenvalue weighted by Crippen LogP contribution is 2.30. The second kappa shape index (κ2) is 4.55. The quantitative estimate of drug-likeness (QED) is 0.714. The standard InChI is InChI=1S/C11H20N4/c1-2-8-5-3-4-6-9(8)14-10-7-13-15-11(10)12/h7-9,14H,2-6H2,1H3,(H3,12,13,15). The normalized spacial score (nSPS) is 26.5. The summed E-state index contributed by atoms with van der Waals surface area (Å²) in [5.74, 6) is 1.43. The lowest BCUT2D eigenvalue weighted by molar-refractivity contribution is 0.317. The smallest absolute Gasteiger partial charge is 0.142 e. The van der Waals surface area contributed by atoms with Crippen LogP contribution >= 0.6 is 0 Å². The van der Waals surface area contributed by atoms with Gasteiger partial charge in [-0.25, -0.2) is 0 Å². The predicted octanol–water partition coefficient (Wildman–Crippen LogP) is 2.37. The van der Waals surface area contributed by atoms with Crippen LogP contribution in [0.5, 0.6) is 0 Å². The van der Waals surface area contributed by atoms with Crippen molar-refractivity contribution in [3.8, 4) is 0 Å². The Morgan fingerprint density at radius 3 is 3.00 bits per heavy atom. The first-order valence-corrected chi connectivity index (χ1v) is 5.86. The van der Waals surface area contributed by atoms with Crippen molar-refractivity contribution in [2.24, 2.45) is 5.92 Å². The van der Waals surface area contributed by atoms with Crippen molar-refractivity contribution >= 4 is 11.5 Å². The molecule has 2 atom stereocenters. The number of nitrogens with zero attached hydrogens (tertiary/aromatic N) is 1. The molecule has 0 bridgehead atoms. The van der Waals surface area contributed by atoms with Crippen LogP contribution in [0, 0.1) is 5.92 Å². The summed E-state index contributed by atoms with van der Waals surface area (Å²) in [6, 6.07) is 0.573. The third kappa shape index (κ3) is 2.25. The van der Waals surface area contributed by atoms with E-state index in [9.17, 15) is 0 Å². The van der Waals surface area contributed by atoms with E-state index < -0.39 is 0 Å². The highest BCUT2D eigenvalue weighted by Gasteiger charge is 2.24. The van der Waals surface area contributed by atoms with E-state index in [1.54, 1.807) is 6.20 Å². The SMILES string of the molecule is CCC1CCCCC1Nc1cn[nH]c1N. The van der Waals surface area contributed by atoms with Gasteiger partial charge in [-0.15, -0.1) is 0 Å². The highest BCUT2D eigenvalue weighted by molar-refractivity contribution is 5.60. The van der Waals surface area contributed by atoms with Gasteiger partial charge < -0.3 is 11.1 Å². The van der Waals surface area contributed by atoms with Gasteiger partial charge in [0.2, 0.25) is 0 Å². The summed E-state index contributed by atoms with van der Waals surface area (Å²) in [6.45, 7) is 2.27. The van der Waals surface area contributed by atoms with E-state index in [4.69, 9.17) is 5.73 Å². The molecule has 0 radical (unpaired) electrons. The molecule has 0 saturated heterocycles. The van der Waals surface area contributed by atoms with Gasteiger partial charge in [-0.1, -0.05) is 26.2 Å². The first kappa shape index (κ1) is 10.3. The molecule has 0 amide bonds. The fourth-order valence-electron chi connectivity index (χ4n) is 2.50. The zero-order valence-corrected chi connectivity index (χ0v) is 9.29. The van der Waals surface area contributed by atoms with Crippen LogP contribution < -0.4 is 11.1 Å². The molecule has 1 aliphatic carbocycles. The van der Waals surface area contributed by atoms with Crippen molar-refractivity contribution in [1.82, 2.24) is 10.2 Å². The van der Waals surface area contributed by atoms with E-state index >= 15 is 0 Å². The topological polar surface area (TPSA) is 66.7 Å². The monoisotopic (exact) mass is 208 g/mol. The largest absolute Gasteiger partial charge is 0.382 e. The van der Waals surface area contributed by atoms with Gasteiger partial charge in [0.1, 0.15) is 5.82 Å². The lowest BCUT2D eigenvalue weighted by Crippen LogP contribution is -2.31. The fourth-order valence-corrected chi connectivity index (χ4v) is 2.50. The first-order valence-electron chi connectivity index (χ1n) is 5.86. The van der Waals surface area contributed by atoms with Gasteiger partial charge in [0, 0.05) is 6.04 Å². The lowest BCUT2D eigenvalue weighted by atomic mass is 9.83. The van der Waals surface area contributed by atoms with E-state index in [0.717, 1.165) is 11.6 Å². The number of hydrogen-bond donors (Lipinski definition) is 3. The minimum atomic E-state index is 0.573. The fraction of sp³-hybridized carbons (Fsp3) is 0.727. The Morgan fingerprint density at radius 2 is 2.33 bits per heavy atom. The van der Waals surface area contributed by atoms with Gasteiger partial charge in [0.25, 0.3) is 0 Å². The van der Waals surface area contributed by atoms with Gasteiger partial charge in [0.05, 0.1) is 11.9 Å². The molecule has 2 unspecified atom stereocenters. The Kier molecular flexibility index (Phi) is 3.14. The van der Waals surface area contributed by atoms with Gasteiger partial charge in [-0.2, -0.15) is 5.10 Å². The molecule has 1 aromatic heterocycles. The van der Waals surface area contributed by atoms with E-state index in [-0.39, 0.29) is 0 Å². The minimum Gasteiger partial charge on any atom is -0.382 e. The summed E-state index contributed by atoms with van der Waals surface area (Å²) < 4.78 is 0. The molecule has 0 aromatic carbocycles. The Balaban J connectivity index is 2.00. The Bertz CT molecular complexity index is 307. The molecule has 4 heteroatoms. The Labute approximate surface area is 90.6 Å². The molecule has 1 heterocycles. The number of H-pyrrole nitrogens is 1. The Morgan fingerprint density at radius 1 is 1.53 bits per heavy atom. The van der Waals surface area contributed by atoms with Crippen molar-refractivity contribution in [3.05, 3.63) is 6.20 Å². The molecule has 0 aliphatic heterocycles. The summed E-state index contributed by atoms with van der Waals surface area (Å²) in [7, 11) is 0. The molecule has 1 saturated carbocycles. The number of hydrogen-bond acceptors (Lipinski definition) is 3. The van der Waals surface area contributed by atoms with E-state index in [1.807, 2.05) is 0 Å². The van der Waals surface area contributed by atoms with Crippen LogP contribution in [0.15, 0.2) is 6.20 Å². The van der Waals surface area contributed by atoms with E-state index in [2.05, 4.69) is 22.4 Å². The lowest BCUT2D eigenvalue weighted by Gasteiger charge is -2.31. The van der Waals surface area contributed by atoms with Crippen LogP contribution in [0.2, 0.25) is 0 Å². The van der Waals surface area contributed by atoms with Crippen LogP contribution in [0.3, 0.4) is 0 Å². The molecule has 4 N–H and O–H groups in total. The summed E-state index contributed by atoms with van der Waals surface area (Å²) in [5.41, 5.74) is 6.72. The number of nitrogen functional groups attached to an aromatic ring is 1. The molecule has 1 aliphatic rings. The third-order valence-electron chi connectivity index (χ3n) is 3.44. The van der Waals surface area contributed by atoms with E-state index in [0.29, 0.717) is 11.9 Å². The maximum atomic E-state index is 5.76. The molecule has 4 nitrogen and oxygen atoms in total. The second-order valence-corrected chi connectivity index (χ2v) is 4.40. The van der Waals surface area contributed by atoms with Crippen LogP contribution in [0.1, 0.15) is 39.0 Å². The molecule has 1 fully saturated rings. The molecule has 0 spiro atoms. The number of nitrogens with one attached hydrogen (secondary N) is 2. The predicted molar refractivity (Wildman–Crippen MR) is 62.7 cm³/mol. The van der Waals surface area contributed by atoms with Crippen LogP contribution in [0.4, 0.5) is 11.5 Å². The average molecular weight is 208 g/mol. The van der Waals surface area contributed by atoms with Crippen LogP contribution in [0.25, 0.3) is 0 Å². The van der Waals surface area contributed by atoms with Crippen molar-refractivity contribution < 1.29 is 0 Å². The molecule has 1 aromatic rings. The molecule has 15 heavy (non-hydrogen) atoms. The number of rotatable bonds is 3. The number of aromatic nitrogens is 2. The Hall–Kier alpha value is -1.19. The molecular formula is C11H20N4. The number of nitrogens with two attached hydrogens (primary N) is 1. The summed E-state index contributed by atoms with van der Waals surface area (Å²) in [4.78, 5) is 0. The van der Waals surface area contributed by atoms with Gasteiger partial charge >= 0.3 is 0 Å². The minimum absolute atomic E-state index is 0.573. The molecule has 84 valence electrons. The zero-order valence-electron chi connectivity index (χ0n) is 9.29. The maximum Gasteiger partial charge on any atom is 0.142 e. The molecular weight excluding hydrogens is 188 g/mol. The summed E-state index contributed by atoms with van der Waals surface area (Å²) in [6.07, 6.45) is 8.31. The van der Waals surface area contributed by atoms with Gasteiger partial charge in [0.15, 0.2) is 0 Å². The summed E-state index contributed by atoms with van der Waals surface area (Å²) in [5, 5.41) is 10.2. The average Bonchev–Trinajstić information content (AvgIpc) is 2.65. The first-order chi connectivity index (χ1) is 7.31. The van der Waals surface area contributed by atoms with Crippen molar-refractivity contribution in [2.75, 3.05) is 11.1 Å². The van der Waals surface area contributed by atoms with Crippen LogP contribution in [-0.4, -0.2) is 16.2 Å². The number of aromatic amines is 1. The van der Waals surface area contributed by atoms with E-state index in [1.165, 1.54) is 32.1 Å². The van der Waals surface area contributed by atoms with Crippen molar-refractivity contribution in [3.63, 3.8) is 0 Å². The van der Waals surface area contributed by atoms with Crippen molar-refractivity contribution in [2.45, 2.75) is 45.1 Å². The van der Waals surface area contributed by atoms with Gasteiger partial charge in [-0.05, 0) is 18.8 Å². The maximum absolute atomic E-state index is 5.76. The third-order valence-corrected chi connectivity index (χ3v) is 3.44. The molecule has 2 rings (SSSR count). The second-order valence-electron chi connectivity index (χ2n) is 4.40.